The van der Waals surface area contributed by atoms with Crippen LogP contribution in [0, 0.1) is 0 Å². The quantitative estimate of drug-likeness (QED) is 0.379. The molecular weight excluding hydrogens is 204 g/mol. The third kappa shape index (κ3) is 12.5. The summed E-state index contributed by atoms with van der Waals surface area (Å²) in [5, 5.41) is 0. The summed E-state index contributed by atoms with van der Waals surface area (Å²) >= 11 is 1.73. The van der Waals surface area contributed by atoms with Gasteiger partial charge in [0.2, 0.25) is 6.41 Å². The van der Waals surface area contributed by atoms with Gasteiger partial charge in [-0.1, -0.05) is 0 Å². The van der Waals surface area contributed by atoms with Crippen LogP contribution in [0.3, 0.4) is 0 Å². The Balaban J connectivity index is 0. The van der Waals surface area contributed by atoms with Gasteiger partial charge in [0.05, 0.1) is 22.9 Å². The van der Waals surface area contributed by atoms with Gasteiger partial charge in [0.25, 0.3) is 0 Å². The second-order valence-corrected chi connectivity index (χ2v) is 0.850. The first kappa shape index (κ1) is 9.09. The van der Waals surface area contributed by atoms with Crippen molar-refractivity contribution < 1.29 is 4.79 Å². The first-order chi connectivity index (χ1) is 1.91. The highest BCUT2D eigenvalue weighted by atomic mass is 127. The molecular formula is CH3ClINO. The van der Waals surface area contributed by atoms with Crippen LogP contribution in [0.25, 0.3) is 0 Å². The third-order valence-electron chi connectivity index (χ3n) is 0.0445. The largest absolute Gasteiger partial charge is 0.301 e. The van der Waals surface area contributed by atoms with Crippen LogP contribution >= 0.6 is 35.3 Å². The molecule has 0 aromatic carbocycles. The maximum Gasteiger partial charge on any atom is 0.215 e. The number of halogens is 2. The van der Waals surface area contributed by atoms with Crippen LogP contribution in [0.5, 0.6) is 0 Å². The van der Waals surface area contributed by atoms with Gasteiger partial charge < -0.3 is 3.53 Å². The van der Waals surface area contributed by atoms with Crippen molar-refractivity contribution in [1.82, 2.24) is 3.53 Å². The predicted molar refractivity (Wildman–Crippen MR) is 30.5 cm³/mol. The van der Waals surface area contributed by atoms with Gasteiger partial charge in [0.1, 0.15) is 0 Å². The Morgan fingerprint density at radius 2 is 2.00 bits per heavy atom. The molecule has 32 valence electrons. The molecule has 1 N–H and O–H groups in total. The van der Waals surface area contributed by atoms with E-state index in [9.17, 15) is 0 Å². The fourth-order valence-corrected chi connectivity index (χ4v) is 0. The van der Waals surface area contributed by atoms with Crippen LogP contribution in [0.15, 0.2) is 0 Å². The van der Waals surface area contributed by atoms with Gasteiger partial charge in [-0.2, -0.15) is 0 Å². The van der Waals surface area contributed by atoms with Crippen molar-refractivity contribution in [1.29, 1.82) is 0 Å². The number of hydrogen-bond donors (Lipinski definition) is 1. The summed E-state index contributed by atoms with van der Waals surface area (Å²) in [6.45, 7) is 0. The molecule has 0 heterocycles. The van der Waals surface area contributed by atoms with Crippen molar-refractivity contribution in [3.63, 3.8) is 0 Å². The lowest BCUT2D eigenvalue weighted by molar-refractivity contribution is -0.107. The smallest absolute Gasteiger partial charge is 0.215 e. The predicted octanol–water partition coefficient (Wildman–Crippen LogP) is 0.504. The lowest BCUT2D eigenvalue weighted by atomic mass is 11.5. The van der Waals surface area contributed by atoms with Gasteiger partial charge in [0.15, 0.2) is 0 Å². The van der Waals surface area contributed by atoms with Crippen LogP contribution < -0.4 is 3.53 Å². The molecule has 5 heavy (non-hydrogen) atoms. The topological polar surface area (TPSA) is 29.1 Å². The van der Waals surface area contributed by atoms with Gasteiger partial charge >= 0.3 is 0 Å². The summed E-state index contributed by atoms with van der Waals surface area (Å²) in [7, 11) is 0. The number of hydrogen-bond acceptors (Lipinski definition) is 1. The molecule has 0 aliphatic heterocycles. The van der Waals surface area contributed by atoms with E-state index in [2.05, 4.69) is 3.53 Å². The molecule has 0 aliphatic carbocycles. The maximum atomic E-state index is 9.06. The Bertz CT molecular complexity index is 25.6. The highest BCUT2D eigenvalue weighted by Gasteiger charge is 1.46. The lowest BCUT2D eigenvalue weighted by Crippen LogP contribution is -1.85. The van der Waals surface area contributed by atoms with E-state index >= 15 is 0 Å². The highest BCUT2D eigenvalue weighted by Crippen LogP contribution is 1.52. The molecule has 0 saturated heterocycles. The summed E-state index contributed by atoms with van der Waals surface area (Å²) in [5.41, 5.74) is 0. The van der Waals surface area contributed by atoms with Gasteiger partial charge in [-0.05, 0) is 0 Å². The number of carbonyl (C=O) groups excluding carboxylic acids is 1. The molecule has 0 atom stereocenters. The first-order valence-electron chi connectivity index (χ1n) is 0.713. The second-order valence-electron chi connectivity index (χ2n) is 0.227. The second kappa shape index (κ2) is 8.82. The summed E-state index contributed by atoms with van der Waals surface area (Å²) in [6.07, 6.45) is 0.612. The summed E-state index contributed by atoms with van der Waals surface area (Å²) < 4.78 is 2.22. The molecule has 0 aliphatic rings. The number of carbonyl (C=O) groups is 1. The molecule has 4 heteroatoms. The van der Waals surface area contributed by atoms with E-state index in [1.807, 2.05) is 0 Å². The molecule has 0 spiro atoms. The Morgan fingerprint density at radius 1 is 1.80 bits per heavy atom. The van der Waals surface area contributed by atoms with Crippen LogP contribution in [-0.4, -0.2) is 6.41 Å². The first-order valence-corrected chi connectivity index (χ1v) is 1.79. The standard InChI is InChI=1S/CH2INO.ClH/c2-3-1-4;/h1H,(H,3,4);1H. The van der Waals surface area contributed by atoms with Gasteiger partial charge in [-0.15, -0.1) is 12.4 Å². The van der Waals surface area contributed by atoms with Crippen molar-refractivity contribution in [2.75, 3.05) is 0 Å². The molecule has 0 aromatic heterocycles. The van der Waals surface area contributed by atoms with E-state index < -0.39 is 0 Å². The van der Waals surface area contributed by atoms with Crippen molar-refractivity contribution >= 4 is 41.7 Å². The minimum Gasteiger partial charge on any atom is -0.301 e. The zero-order valence-corrected chi connectivity index (χ0v) is 5.25. The maximum absolute atomic E-state index is 9.06. The van der Waals surface area contributed by atoms with E-state index in [0.29, 0.717) is 6.41 Å². The van der Waals surface area contributed by atoms with Crippen molar-refractivity contribution in [2.24, 2.45) is 0 Å². The van der Waals surface area contributed by atoms with Crippen molar-refractivity contribution in [2.45, 2.75) is 0 Å². The van der Waals surface area contributed by atoms with Crippen molar-refractivity contribution in [3.05, 3.63) is 0 Å². The Morgan fingerprint density at radius 3 is 2.00 bits per heavy atom. The SMILES string of the molecule is Cl.O=CNI. The minimum atomic E-state index is 0. The van der Waals surface area contributed by atoms with E-state index in [4.69, 9.17) is 4.79 Å². The Hall–Kier alpha value is 0.490. The molecule has 0 aromatic rings. The summed E-state index contributed by atoms with van der Waals surface area (Å²) in [6, 6.07) is 0. The van der Waals surface area contributed by atoms with E-state index in [1.54, 1.807) is 22.9 Å². The zero-order valence-electron chi connectivity index (χ0n) is 2.27. The fraction of sp³-hybridized carbons (Fsp3) is 0. The van der Waals surface area contributed by atoms with Gasteiger partial charge in [0, 0.05) is 0 Å². The number of nitrogens with one attached hydrogen (secondary N) is 1. The minimum absolute atomic E-state index is 0. The fourth-order valence-electron chi connectivity index (χ4n) is 0. The average molecular weight is 207 g/mol. The van der Waals surface area contributed by atoms with Crippen LogP contribution in [0.4, 0.5) is 0 Å². The monoisotopic (exact) mass is 207 g/mol. The molecule has 0 bridgehead atoms. The third-order valence-corrected chi connectivity index (χ3v) is 0.299. The van der Waals surface area contributed by atoms with Gasteiger partial charge in [-0.3, -0.25) is 4.79 Å². The molecule has 1 amide bonds. The van der Waals surface area contributed by atoms with Crippen LogP contribution in [-0.2, 0) is 4.79 Å². The Kier molecular flexibility index (Phi) is 16.0. The average Bonchev–Trinajstić information content (AvgIpc) is 1.37. The highest BCUT2D eigenvalue weighted by molar-refractivity contribution is 14.1. The normalized spacial score (nSPS) is 4.20. The van der Waals surface area contributed by atoms with E-state index in [1.165, 1.54) is 0 Å². The number of amides is 1. The van der Waals surface area contributed by atoms with E-state index in [0.717, 1.165) is 0 Å². The summed E-state index contributed by atoms with van der Waals surface area (Å²) in [5.74, 6) is 0. The molecule has 0 saturated carbocycles. The lowest BCUT2D eigenvalue weighted by Gasteiger charge is -1.60. The molecule has 0 rings (SSSR count). The molecule has 0 fully saturated rings. The summed E-state index contributed by atoms with van der Waals surface area (Å²) in [4.78, 5) is 9.06. The molecule has 0 radical (unpaired) electrons. The molecule has 2 nitrogen and oxygen atoms in total. The van der Waals surface area contributed by atoms with Crippen LogP contribution in [0.2, 0.25) is 0 Å². The Labute approximate surface area is 50.2 Å². The molecule has 0 unspecified atom stereocenters. The van der Waals surface area contributed by atoms with Crippen molar-refractivity contribution in [3.8, 4) is 0 Å². The number of rotatable bonds is 1. The van der Waals surface area contributed by atoms with Crippen LogP contribution in [0.1, 0.15) is 0 Å². The van der Waals surface area contributed by atoms with E-state index in [-0.39, 0.29) is 12.4 Å². The zero-order chi connectivity index (χ0) is 3.41. The van der Waals surface area contributed by atoms with Gasteiger partial charge in [-0.25, -0.2) is 0 Å².